The molecule has 1 aliphatic heterocycles. The summed E-state index contributed by atoms with van der Waals surface area (Å²) in [7, 11) is 0. The van der Waals surface area contributed by atoms with E-state index in [9.17, 15) is 27.9 Å². The van der Waals surface area contributed by atoms with Gasteiger partial charge in [-0.3, -0.25) is 4.79 Å². The van der Waals surface area contributed by atoms with Crippen LogP contribution in [0.3, 0.4) is 0 Å². The number of nitrogens with zero attached hydrogens (tertiary/aromatic N) is 3. The van der Waals surface area contributed by atoms with Crippen molar-refractivity contribution in [2.45, 2.75) is 38.9 Å². The molecule has 1 fully saturated rings. The van der Waals surface area contributed by atoms with Crippen molar-refractivity contribution in [3.8, 4) is 0 Å². The van der Waals surface area contributed by atoms with Crippen LogP contribution in [-0.4, -0.2) is 44.4 Å². The molecule has 2 unspecified atom stereocenters. The van der Waals surface area contributed by atoms with Gasteiger partial charge in [0.2, 0.25) is 5.82 Å². The molecule has 1 aromatic rings. The van der Waals surface area contributed by atoms with Gasteiger partial charge in [-0.25, -0.2) is 14.8 Å². The highest BCUT2D eigenvalue weighted by Gasteiger charge is 2.38. The minimum atomic E-state index is -4.77. The second kappa shape index (κ2) is 6.13. The number of halogens is 3. The van der Waals surface area contributed by atoms with Crippen molar-refractivity contribution in [3.63, 3.8) is 0 Å². The number of carboxylic acids is 1. The number of hydrogen-bond donors (Lipinski definition) is 1. The minimum Gasteiger partial charge on any atom is -0.480 e. The molecule has 0 aliphatic carbocycles. The van der Waals surface area contributed by atoms with Crippen molar-refractivity contribution in [2.75, 3.05) is 6.54 Å². The fourth-order valence-electron chi connectivity index (χ4n) is 2.57. The van der Waals surface area contributed by atoms with Crippen molar-refractivity contribution in [2.24, 2.45) is 5.92 Å². The summed E-state index contributed by atoms with van der Waals surface area (Å²) < 4.78 is 38.3. The molecule has 0 radical (unpaired) electrons. The van der Waals surface area contributed by atoms with E-state index in [2.05, 4.69) is 9.97 Å². The first-order valence-electron chi connectivity index (χ1n) is 7.06. The summed E-state index contributed by atoms with van der Waals surface area (Å²) in [4.78, 5) is 31.4. The molecule has 1 saturated heterocycles. The average Bonchev–Trinajstić information content (AvgIpc) is 2.44. The third kappa shape index (κ3) is 3.77. The lowest BCUT2D eigenvalue weighted by atomic mass is 9.92. The van der Waals surface area contributed by atoms with E-state index in [0.717, 1.165) is 11.0 Å². The van der Waals surface area contributed by atoms with Gasteiger partial charge in [0.05, 0.1) is 0 Å². The van der Waals surface area contributed by atoms with Gasteiger partial charge in [-0.15, -0.1) is 0 Å². The van der Waals surface area contributed by atoms with Crippen LogP contribution in [0.5, 0.6) is 0 Å². The molecular formula is C14H16F3N3O3. The molecule has 0 spiro atoms. The van der Waals surface area contributed by atoms with Gasteiger partial charge in [0.1, 0.15) is 11.7 Å². The lowest BCUT2D eigenvalue weighted by Gasteiger charge is -2.35. The number of carbonyl (C=O) groups is 2. The number of likely N-dealkylation sites (tertiary alicyclic amines) is 1. The van der Waals surface area contributed by atoms with Gasteiger partial charge in [0.15, 0.2) is 0 Å². The number of alkyl halides is 3. The number of amides is 1. The third-order valence-electron chi connectivity index (χ3n) is 3.74. The zero-order valence-corrected chi connectivity index (χ0v) is 12.6. The molecule has 0 bridgehead atoms. The predicted molar refractivity (Wildman–Crippen MR) is 72.6 cm³/mol. The second-order valence-electron chi connectivity index (χ2n) is 5.70. The quantitative estimate of drug-likeness (QED) is 0.897. The molecule has 2 heterocycles. The van der Waals surface area contributed by atoms with Crippen LogP contribution in [0.15, 0.2) is 6.07 Å². The molecule has 1 N–H and O–H groups in total. The molecule has 1 aromatic heterocycles. The van der Waals surface area contributed by atoms with Gasteiger partial charge in [-0.2, -0.15) is 13.2 Å². The Labute approximate surface area is 130 Å². The summed E-state index contributed by atoms with van der Waals surface area (Å²) in [5.41, 5.74) is -0.446. The van der Waals surface area contributed by atoms with E-state index in [4.69, 9.17) is 0 Å². The highest BCUT2D eigenvalue weighted by molar-refractivity contribution is 5.95. The molecular weight excluding hydrogens is 315 g/mol. The van der Waals surface area contributed by atoms with Crippen molar-refractivity contribution in [1.29, 1.82) is 0 Å². The molecule has 0 saturated carbocycles. The highest BCUT2D eigenvalue weighted by Crippen LogP contribution is 2.28. The number of carboxylic acid groups (broad SMARTS) is 1. The normalized spacial score (nSPS) is 22.0. The lowest BCUT2D eigenvalue weighted by molar-refractivity contribution is -0.146. The number of aromatic nitrogens is 2. The summed E-state index contributed by atoms with van der Waals surface area (Å²) in [6.07, 6.45) is -3.92. The van der Waals surface area contributed by atoms with Gasteiger partial charge < -0.3 is 10.0 Å². The van der Waals surface area contributed by atoms with Crippen LogP contribution in [0.2, 0.25) is 0 Å². The number of aliphatic carboxylic acids is 1. The third-order valence-corrected chi connectivity index (χ3v) is 3.74. The van der Waals surface area contributed by atoms with Crippen LogP contribution < -0.4 is 0 Å². The van der Waals surface area contributed by atoms with Crippen LogP contribution in [0.25, 0.3) is 0 Å². The van der Waals surface area contributed by atoms with E-state index < -0.39 is 35.6 Å². The maximum atomic E-state index is 12.8. The van der Waals surface area contributed by atoms with Crippen LogP contribution >= 0.6 is 0 Å². The minimum absolute atomic E-state index is 0.00655. The van der Waals surface area contributed by atoms with Gasteiger partial charge in [0, 0.05) is 12.2 Å². The number of aryl methyl sites for hydroxylation is 1. The van der Waals surface area contributed by atoms with Gasteiger partial charge in [-0.05, 0) is 31.7 Å². The van der Waals surface area contributed by atoms with E-state index in [0.29, 0.717) is 6.42 Å². The second-order valence-corrected chi connectivity index (χ2v) is 5.70. The standard InChI is InChI=1S/C14H16F3N3O3/c1-7-3-4-20(10(5-7)12(22)23)11(21)9-6-8(2)18-13(19-9)14(15,16)17/h6-7,10H,3-5H2,1-2H3,(H,22,23). The van der Waals surface area contributed by atoms with Gasteiger partial charge in [-0.1, -0.05) is 6.92 Å². The van der Waals surface area contributed by atoms with Crippen LogP contribution in [0.4, 0.5) is 13.2 Å². The van der Waals surface area contributed by atoms with Crippen molar-refractivity contribution >= 4 is 11.9 Å². The Balaban J connectivity index is 2.36. The van der Waals surface area contributed by atoms with Crippen LogP contribution in [0.1, 0.15) is 41.8 Å². The predicted octanol–water partition coefficient (Wildman–Crippen LogP) is 2.13. The van der Waals surface area contributed by atoms with Crippen molar-refractivity contribution < 1.29 is 27.9 Å². The summed E-state index contributed by atoms with van der Waals surface area (Å²) in [6, 6.07) is 0.0741. The fraction of sp³-hybridized carbons (Fsp3) is 0.571. The molecule has 2 rings (SSSR count). The Kier molecular flexibility index (Phi) is 4.58. The maximum absolute atomic E-state index is 12.8. The Morgan fingerprint density at radius 1 is 1.35 bits per heavy atom. The number of hydrogen-bond acceptors (Lipinski definition) is 4. The summed E-state index contributed by atoms with van der Waals surface area (Å²) in [5, 5.41) is 9.25. The Hall–Kier alpha value is -2.19. The Bertz CT molecular complexity index is 633. The van der Waals surface area contributed by atoms with Crippen molar-refractivity contribution in [1.82, 2.24) is 14.9 Å². The summed E-state index contributed by atoms with van der Waals surface area (Å²) >= 11 is 0. The Morgan fingerprint density at radius 3 is 2.57 bits per heavy atom. The van der Waals surface area contributed by atoms with Crippen LogP contribution in [0, 0.1) is 12.8 Å². The molecule has 126 valence electrons. The SMILES string of the molecule is Cc1cc(C(=O)N2CCC(C)CC2C(=O)O)nc(C(F)(F)F)n1. The van der Waals surface area contributed by atoms with Gasteiger partial charge in [0.25, 0.3) is 5.91 Å². The first kappa shape index (κ1) is 17.2. The molecule has 1 aliphatic rings. The number of rotatable bonds is 2. The zero-order valence-electron chi connectivity index (χ0n) is 12.6. The smallest absolute Gasteiger partial charge is 0.451 e. The molecule has 6 nitrogen and oxygen atoms in total. The van der Waals surface area contributed by atoms with Crippen LogP contribution in [-0.2, 0) is 11.0 Å². The molecule has 9 heteroatoms. The first-order valence-corrected chi connectivity index (χ1v) is 7.06. The first-order chi connectivity index (χ1) is 10.6. The Morgan fingerprint density at radius 2 is 2.00 bits per heavy atom. The summed E-state index contributed by atoms with van der Waals surface area (Å²) in [5.74, 6) is -3.27. The van der Waals surface area contributed by atoms with E-state index in [1.807, 2.05) is 6.92 Å². The molecule has 2 atom stereocenters. The fourth-order valence-corrected chi connectivity index (χ4v) is 2.57. The molecule has 0 aromatic carbocycles. The monoisotopic (exact) mass is 331 g/mol. The van der Waals surface area contributed by atoms with E-state index >= 15 is 0 Å². The largest absolute Gasteiger partial charge is 0.480 e. The lowest BCUT2D eigenvalue weighted by Crippen LogP contribution is -2.50. The number of piperidine rings is 1. The highest BCUT2D eigenvalue weighted by atomic mass is 19.4. The molecule has 1 amide bonds. The molecule has 23 heavy (non-hydrogen) atoms. The zero-order chi connectivity index (χ0) is 17.4. The topological polar surface area (TPSA) is 83.4 Å². The van der Waals surface area contributed by atoms with Gasteiger partial charge >= 0.3 is 12.1 Å². The van der Waals surface area contributed by atoms with E-state index in [-0.39, 0.29) is 24.6 Å². The average molecular weight is 331 g/mol. The number of carbonyl (C=O) groups excluding carboxylic acids is 1. The maximum Gasteiger partial charge on any atom is 0.451 e. The summed E-state index contributed by atoms with van der Waals surface area (Å²) in [6.45, 7) is 3.36. The van der Waals surface area contributed by atoms with E-state index in [1.54, 1.807) is 0 Å². The van der Waals surface area contributed by atoms with Crippen molar-refractivity contribution in [3.05, 3.63) is 23.3 Å². The van der Waals surface area contributed by atoms with E-state index in [1.165, 1.54) is 6.92 Å².